The van der Waals surface area contributed by atoms with Crippen LogP contribution in [0, 0.1) is 5.92 Å². The number of fused-ring (bicyclic) bond motifs is 2. The number of likely N-dealkylation sites (tertiary alicyclic amines) is 1. The van der Waals surface area contributed by atoms with Crippen molar-refractivity contribution in [2.24, 2.45) is 5.92 Å². The second-order valence-corrected chi connectivity index (χ2v) is 7.60. The normalized spacial score (nSPS) is 28.4. The zero-order valence-electron chi connectivity index (χ0n) is 14.1. The van der Waals surface area contributed by atoms with Gasteiger partial charge >= 0.3 is 0 Å². The van der Waals surface area contributed by atoms with Crippen molar-refractivity contribution in [1.29, 1.82) is 0 Å². The molecule has 3 aliphatic rings. The number of carbonyl (C=O) groups excluding carboxylic acids is 1. The van der Waals surface area contributed by atoms with Gasteiger partial charge in [-0.1, -0.05) is 30.8 Å². The molecule has 2 fully saturated rings. The van der Waals surface area contributed by atoms with Gasteiger partial charge in [0.05, 0.1) is 0 Å². The first-order valence-electron chi connectivity index (χ1n) is 9.63. The molecule has 2 heterocycles. The summed E-state index contributed by atoms with van der Waals surface area (Å²) in [4.78, 5) is 15.4. The van der Waals surface area contributed by atoms with E-state index in [0.29, 0.717) is 17.7 Å². The highest BCUT2D eigenvalue weighted by Crippen LogP contribution is 2.36. The summed E-state index contributed by atoms with van der Waals surface area (Å²) in [5.41, 5.74) is 1.75. The Morgan fingerprint density at radius 3 is 2.65 bits per heavy atom. The Bertz CT molecular complexity index is 566. The predicted molar refractivity (Wildman–Crippen MR) is 88.4 cm³/mol. The summed E-state index contributed by atoms with van der Waals surface area (Å²) in [7, 11) is 0. The van der Waals surface area contributed by atoms with E-state index < -0.39 is 0 Å². The van der Waals surface area contributed by atoms with Crippen LogP contribution in [0.3, 0.4) is 0 Å². The lowest BCUT2D eigenvalue weighted by Gasteiger charge is -2.38. The lowest BCUT2D eigenvalue weighted by Crippen LogP contribution is -2.45. The van der Waals surface area contributed by atoms with Crippen LogP contribution >= 0.6 is 0 Å². The third kappa shape index (κ3) is 2.92. The van der Waals surface area contributed by atoms with Crippen molar-refractivity contribution in [2.45, 2.75) is 83.1 Å². The number of carbonyl (C=O) groups is 1. The molecule has 0 spiro atoms. The number of amides is 1. The Morgan fingerprint density at radius 2 is 1.74 bits per heavy atom. The SMILES string of the molecule is O=C(c1noc2c1CCCCC2)N1CCCCC2CCCCC21. The molecule has 4 heteroatoms. The smallest absolute Gasteiger partial charge is 0.276 e. The first-order chi connectivity index (χ1) is 11.3. The van der Waals surface area contributed by atoms with E-state index in [1.165, 1.54) is 44.9 Å². The van der Waals surface area contributed by atoms with Gasteiger partial charge in [0.25, 0.3) is 5.91 Å². The summed E-state index contributed by atoms with van der Waals surface area (Å²) in [6.45, 7) is 0.904. The maximum absolute atomic E-state index is 13.3. The first-order valence-corrected chi connectivity index (χ1v) is 9.63. The van der Waals surface area contributed by atoms with E-state index in [4.69, 9.17) is 4.52 Å². The van der Waals surface area contributed by atoms with Crippen molar-refractivity contribution in [3.63, 3.8) is 0 Å². The van der Waals surface area contributed by atoms with Gasteiger partial charge in [-0.2, -0.15) is 0 Å². The van der Waals surface area contributed by atoms with Gasteiger partial charge in [0.1, 0.15) is 5.76 Å². The van der Waals surface area contributed by atoms with Crippen LogP contribution in [0.2, 0.25) is 0 Å². The molecule has 1 amide bonds. The summed E-state index contributed by atoms with van der Waals surface area (Å²) in [6.07, 6.45) is 14.2. The molecular formula is C19H28N2O2. The Kier molecular flexibility index (Phi) is 4.41. The summed E-state index contributed by atoms with van der Waals surface area (Å²) >= 11 is 0. The monoisotopic (exact) mass is 316 g/mol. The number of nitrogens with zero attached hydrogens (tertiary/aromatic N) is 2. The summed E-state index contributed by atoms with van der Waals surface area (Å²) in [5.74, 6) is 1.83. The van der Waals surface area contributed by atoms with E-state index in [0.717, 1.165) is 50.0 Å². The lowest BCUT2D eigenvalue weighted by molar-refractivity contribution is 0.0557. The number of hydrogen-bond acceptors (Lipinski definition) is 3. The second-order valence-electron chi connectivity index (χ2n) is 7.60. The molecule has 1 aliphatic heterocycles. The number of aromatic nitrogens is 1. The largest absolute Gasteiger partial charge is 0.360 e. The van der Waals surface area contributed by atoms with Crippen molar-refractivity contribution in [1.82, 2.24) is 10.1 Å². The molecular weight excluding hydrogens is 288 g/mol. The molecule has 0 N–H and O–H groups in total. The van der Waals surface area contributed by atoms with Gasteiger partial charge in [-0.25, -0.2) is 0 Å². The zero-order chi connectivity index (χ0) is 15.6. The topological polar surface area (TPSA) is 46.3 Å². The van der Waals surface area contributed by atoms with E-state index >= 15 is 0 Å². The number of aryl methyl sites for hydroxylation is 1. The van der Waals surface area contributed by atoms with Crippen LogP contribution < -0.4 is 0 Å². The third-order valence-corrected chi connectivity index (χ3v) is 6.16. The van der Waals surface area contributed by atoms with Gasteiger partial charge in [-0.15, -0.1) is 0 Å². The molecule has 1 saturated carbocycles. The molecule has 2 aliphatic carbocycles. The molecule has 2 unspecified atom stereocenters. The fourth-order valence-corrected chi connectivity index (χ4v) is 4.91. The van der Waals surface area contributed by atoms with E-state index in [-0.39, 0.29) is 5.91 Å². The van der Waals surface area contributed by atoms with E-state index in [1.54, 1.807) is 0 Å². The lowest BCUT2D eigenvalue weighted by atomic mass is 9.81. The van der Waals surface area contributed by atoms with Crippen LogP contribution in [0.1, 0.15) is 86.0 Å². The number of rotatable bonds is 1. The minimum Gasteiger partial charge on any atom is -0.360 e. The molecule has 4 rings (SSSR count). The van der Waals surface area contributed by atoms with Crippen LogP contribution in [-0.2, 0) is 12.8 Å². The van der Waals surface area contributed by atoms with Crippen LogP contribution in [0.5, 0.6) is 0 Å². The van der Waals surface area contributed by atoms with Gasteiger partial charge < -0.3 is 9.42 Å². The average molecular weight is 316 g/mol. The van der Waals surface area contributed by atoms with Crippen LogP contribution in [-0.4, -0.2) is 28.6 Å². The van der Waals surface area contributed by atoms with E-state index in [2.05, 4.69) is 10.1 Å². The highest BCUT2D eigenvalue weighted by atomic mass is 16.5. The molecule has 23 heavy (non-hydrogen) atoms. The first kappa shape index (κ1) is 15.2. The molecule has 0 bridgehead atoms. The highest BCUT2D eigenvalue weighted by Gasteiger charge is 2.36. The standard InChI is InChI=1S/C19H28N2O2/c22-19(18-15-10-2-1-3-12-17(15)23-20-18)21-13-7-6-9-14-8-4-5-11-16(14)21/h14,16H,1-13H2. The van der Waals surface area contributed by atoms with Crippen molar-refractivity contribution in [2.75, 3.05) is 6.54 Å². The molecule has 4 nitrogen and oxygen atoms in total. The van der Waals surface area contributed by atoms with E-state index in [1.807, 2.05) is 0 Å². The van der Waals surface area contributed by atoms with Gasteiger partial charge in [-0.05, 0) is 50.9 Å². The number of hydrogen-bond donors (Lipinski definition) is 0. The summed E-state index contributed by atoms with van der Waals surface area (Å²) in [5, 5.41) is 4.22. The van der Waals surface area contributed by atoms with Crippen molar-refractivity contribution >= 4 is 5.91 Å². The van der Waals surface area contributed by atoms with Crippen LogP contribution in [0.25, 0.3) is 0 Å². The average Bonchev–Trinajstić information content (AvgIpc) is 2.76. The Hall–Kier alpha value is -1.32. The van der Waals surface area contributed by atoms with E-state index in [9.17, 15) is 4.79 Å². The van der Waals surface area contributed by atoms with Gasteiger partial charge in [0, 0.05) is 24.6 Å². The summed E-state index contributed by atoms with van der Waals surface area (Å²) < 4.78 is 5.55. The van der Waals surface area contributed by atoms with Crippen molar-refractivity contribution < 1.29 is 9.32 Å². The Morgan fingerprint density at radius 1 is 0.957 bits per heavy atom. The summed E-state index contributed by atoms with van der Waals surface area (Å²) in [6, 6.07) is 0.442. The molecule has 1 saturated heterocycles. The quantitative estimate of drug-likeness (QED) is 0.732. The van der Waals surface area contributed by atoms with Crippen molar-refractivity contribution in [3.05, 3.63) is 17.0 Å². The Balaban J connectivity index is 1.61. The Labute approximate surface area is 138 Å². The molecule has 0 radical (unpaired) electrons. The molecule has 0 aromatic carbocycles. The van der Waals surface area contributed by atoms with Gasteiger partial charge in [-0.3, -0.25) is 4.79 Å². The highest BCUT2D eigenvalue weighted by molar-refractivity contribution is 5.94. The second kappa shape index (κ2) is 6.66. The molecule has 126 valence electrons. The minimum absolute atomic E-state index is 0.149. The maximum atomic E-state index is 13.3. The fraction of sp³-hybridized carbons (Fsp3) is 0.789. The molecule has 1 aromatic heterocycles. The van der Waals surface area contributed by atoms with Crippen LogP contribution in [0.15, 0.2) is 4.52 Å². The van der Waals surface area contributed by atoms with Crippen LogP contribution in [0.4, 0.5) is 0 Å². The van der Waals surface area contributed by atoms with Gasteiger partial charge in [0.2, 0.25) is 0 Å². The fourth-order valence-electron chi connectivity index (χ4n) is 4.91. The zero-order valence-corrected chi connectivity index (χ0v) is 14.1. The van der Waals surface area contributed by atoms with Gasteiger partial charge in [0.15, 0.2) is 5.69 Å². The minimum atomic E-state index is 0.149. The van der Waals surface area contributed by atoms with Crippen molar-refractivity contribution in [3.8, 4) is 0 Å². The third-order valence-electron chi connectivity index (χ3n) is 6.16. The maximum Gasteiger partial charge on any atom is 0.276 e. The molecule has 1 aromatic rings. The predicted octanol–water partition coefficient (Wildman–Crippen LogP) is 4.13. The molecule has 2 atom stereocenters.